The average molecular weight is 386 g/mol. The highest BCUT2D eigenvalue weighted by atomic mass is 79.9. The van der Waals surface area contributed by atoms with E-state index in [0.29, 0.717) is 24.2 Å². The Labute approximate surface area is 148 Å². The van der Waals surface area contributed by atoms with Gasteiger partial charge in [0.1, 0.15) is 0 Å². The fraction of sp³-hybridized carbons (Fsp3) is 0.263. The molecule has 2 aliphatic rings. The second kappa shape index (κ2) is 5.74. The van der Waals surface area contributed by atoms with Gasteiger partial charge in [0.15, 0.2) is 5.60 Å². The monoisotopic (exact) mass is 385 g/mol. The van der Waals surface area contributed by atoms with E-state index in [0.717, 1.165) is 22.9 Å². The maximum absolute atomic E-state index is 12.9. The fourth-order valence-corrected chi connectivity index (χ4v) is 4.05. The summed E-state index contributed by atoms with van der Waals surface area (Å²) in [5.74, 6) is -0.321. The molecule has 1 unspecified atom stereocenters. The van der Waals surface area contributed by atoms with E-state index in [9.17, 15) is 9.59 Å². The molecule has 0 bridgehead atoms. The van der Waals surface area contributed by atoms with Crippen molar-refractivity contribution in [3.63, 3.8) is 0 Å². The Morgan fingerprint density at radius 1 is 1.17 bits per heavy atom. The quantitative estimate of drug-likeness (QED) is 0.702. The molecule has 2 aromatic carbocycles. The Kier molecular flexibility index (Phi) is 3.68. The summed E-state index contributed by atoms with van der Waals surface area (Å²) in [5.41, 5.74) is 1.46. The molecule has 1 spiro atoms. The molecule has 5 heteroatoms. The Hall–Kier alpha value is -2.14. The van der Waals surface area contributed by atoms with E-state index in [1.54, 1.807) is 11.0 Å². The van der Waals surface area contributed by atoms with Crippen molar-refractivity contribution in [2.45, 2.75) is 18.4 Å². The van der Waals surface area contributed by atoms with Crippen LogP contribution >= 0.6 is 15.9 Å². The number of carbonyl (C=O) groups excluding carboxylic acids is 2. The minimum Gasteiger partial charge on any atom is -0.449 e. The van der Waals surface area contributed by atoms with Gasteiger partial charge in [-0.3, -0.25) is 4.79 Å². The van der Waals surface area contributed by atoms with Gasteiger partial charge in [-0.2, -0.15) is 0 Å². The van der Waals surface area contributed by atoms with Crippen LogP contribution in [0.4, 0.5) is 0 Å². The molecule has 2 heterocycles. The van der Waals surface area contributed by atoms with Gasteiger partial charge in [-0.1, -0.05) is 40.2 Å². The lowest BCUT2D eigenvalue weighted by Gasteiger charge is -2.39. The molecular weight excluding hydrogens is 370 g/mol. The van der Waals surface area contributed by atoms with E-state index in [-0.39, 0.29) is 11.9 Å². The summed E-state index contributed by atoms with van der Waals surface area (Å²) in [5, 5.41) is 0. The first-order valence-electron chi connectivity index (χ1n) is 7.97. The Morgan fingerprint density at radius 3 is 2.83 bits per heavy atom. The molecule has 1 amide bonds. The van der Waals surface area contributed by atoms with Gasteiger partial charge in [-0.15, -0.1) is 0 Å². The van der Waals surface area contributed by atoms with Crippen LogP contribution in [0.25, 0.3) is 0 Å². The van der Waals surface area contributed by atoms with Crippen molar-refractivity contribution >= 4 is 27.8 Å². The summed E-state index contributed by atoms with van der Waals surface area (Å²) in [6.45, 7) is 1.08. The number of hydrogen-bond donors (Lipinski definition) is 0. The van der Waals surface area contributed by atoms with Gasteiger partial charge in [0.25, 0.3) is 5.91 Å². The Bertz CT molecular complexity index is 835. The third-order valence-electron chi connectivity index (χ3n) is 4.74. The van der Waals surface area contributed by atoms with Gasteiger partial charge in [0, 0.05) is 22.1 Å². The van der Waals surface area contributed by atoms with Gasteiger partial charge in [-0.25, -0.2) is 4.79 Å². The number of nitrogens with zero attached hydrogens (tertiary/aromatic N) is 1. The van der Waals surface area contributed by atoms with E-state index < -0.39 is 5.60 Å². The standard InChI is InChI=1S/C19H16BrNO3/c20-14-6-3-5-13(11-14)17(22)21-10-4-9-19(12-21)16-8-2-1-7-15(16)18(23)24-19/h1-3,5-8,11H,4,9-10,12H2. The van der Waals surface area contributed by atoms with Gasteiger partial charge < -0.3 is 9.64 Å². The summed E-state index contributed by atoms with van der Waals surface area (Å²) >= 11 is 3.40. The molecule has 0 N–H and O–H groups in total. The normalized spacial score (nSPS) is 22.4. The van der Waals surface area contributed by atoms with E-state index >= 15 is 0 Å². The van der Waals surface area contributed by atoms with Crippen LogP contribution in [0.5, 0.6) is 0 Å². The lowest BCUT2D eigenvalue weighted by molar-refractivity contribution is -0.0442. The van der Waals surface area contributed by atoms with Crippen molar-refractivity contribution in [2.24, 2.45) is 0 Å². The first-order valence-corrected chi connectivity index (χ1v) is 8.76. The van der Waals surface area contributed by atoms with Crippen molar-refractivity contribution < 1.29 is 14.3 Å². The highest BCUT2D eigenvalue weighted by Crippen LogP contribution is 2.43. The number of hydrogen-bond acceptors (Lipinski definition) is 3. The molecule has 1 fully saturated rings. The zero-order valence-corrected chi connectivity index (χ0v) is 14.6. The lowest BCUT2D eigenvalue weighted by atomic mass is 9.85. The minimum absolute atomic E-state index is 0.0317. The smallest absolute Gasteiger partial charge is 0.339 e. The molecular formula is C19H16BrNO3. The van der Waals surface area contributed by atoms with Crippen LogP contribution in [0, 0.1) is 0 Å². The number of fused-ring (bicyclic) bond motifs is 2. The Morgan fingerprint density at radius 2 is 2.00 bits per heavy atom. The number of ether oxygens (including phenoxy) is 1. The van der Waals surface area contributed by atoms with Gasteiger partial charge in [0.05, 0.1) is 12.1 Å². The summed E-state index contributed by atoms with van der Waals surface area (Å²) in [7, 11) is 0. The number of carbonyl (C=O) groups is 2. The number of likely N-dealkylation sites (tertiary alicyclic amines) is 1. The molecule has 2 aromatic rings. The highest BCUT2D eigenvalue weighted by molar-refractivity contribution is 9.10. The third-order valence-corrected chi connectivity index (χ3v) is 5.23. The zero-order valence-electron chi connectivity index (χ0n) is 13.0. The van der Waals surface area contributed by atoms with Crippen molar-refractivity contribution in [2.75, 3.05) is 13.1 Å². The van der Waals surface area contributed by atoms with E-state index in [2.05, 4.69) is 15.9 Å². The van der Waals surface area contributed by atoms with Gasteiger partial charge >= 0.3 is 5.97 Å². The van der Waals surface area contributed by atoms with E-state index in [4.69, 9.17) is 4.74 Å². The summed E-state index contributed by atoms with van der Waals surface area (Å²) in [6.07, 6.45) is 1.55. The van der Waals surface area contributed by atoms with Crippen LogP contribution in [0.3, 0.4) is 0 Å². The van der Waals surface area contributed by atoms with Gasteiger partial charge in [0.2, 0.25) is 0 Å². The predicted octanol–water partition coefficient (Wildman–Crippen LogP) is 3.75. The molecule has 0 radical (unpaired) electrons. The van der Waals surface area contributed by atoms with E-state index in [1.165, 1.54) is 0 Å². The molecule has 1 atom stereocenters. The minimum atomic E-state index is -0.701. The number of benzene rings is 2. The largest absolute Gasteiger partial charge is 0.449 e. The van der Waals surface area contributed by atoms with Gasteiger partial charge in [-0.05, 0) is 37.1 Å². The second-order valence-electron chi connectivity index (χ2n) is 6.27. The molecule has 4 rings (SSSR count). The molecule has 4 nitrogen and oxygen atoms in total. The Balaban J connectivity index is 1.65. The lowest BCUT2D eigenvalue weighted by Crippen LogP contribution is -2.48. The number of amides is 1. The SMILES string of the molecule is O=C1OC2(CCCN(C(=O)c3cccc(Br)c3)C2)c2ccccc21. The first kappa shape index (κ1) is 15.4. The maximum Gasteiger partial charge on any atom is 0.339 e. The van der Waals surface area contributed by atoms with Crippen LogP contribution in [-0.2, 0) is 10.3 Å². The number of rotatable bonds is 1. The van der Waals surface area contributed by atoms with Crippen LogP contribution in [0.1, 0.15) is 39.1 Å². The molecule has 0 aromatic heterocycles. The van der Waals surface area contributed by atoms with E-state index in [1.807, 2.05) is 42.5 Å². The second-order valence-corrected chi connectivity index (χ2v) is 7.19. The first-order chi connectivity index (χ1) is 11.6. The summed E-state index contributed by atoms with van der Waals surface area (Å²) < 4.78 is 6.63. The highest BCUT2D eigenvalue weighted by Gasteiger charge is 2.48. The summed E-state index contributed by atoms with van der Waals surface area (Å²) in [6, 6.07) is 14.9. The average Bonchev–Trinajstić information content (AvgIpc) is 2.86. The maximum atomic E-state index is 12.9. The molecule has 0 aliphatic carbocycles. The molecule has 122 valence electrons. The fourth-order valence-electron chi connectivity index (χ4n) is 3.65. The third kappa shape index (κ3) is 2.44. The predicted molar refractivity (Wildman–Crippen MR) is 92.8 cm³/mol. The number of halogens is 1. The molecule has 0 saturated carbocycles. The van der Waals surface area contributed by atoms with Crippen LogP contribution in [0.2, 0.25) is 0 Å². The van der Waals surface area contributed by atoms with Crippen molar-refractivity contribution in [3.8, 4) is 0 Å². The number of esters is 1. The van der Waals surface area contributed by atoms with Crippen LogP contribution in [0.15, 0.2) is 53.0 Å². The zero-order chi connectivity index (χ0) is 16.7. The van der Waals surface area contributed by atoms with Crippen LogP contribution in [-0.4, -0.2) is 29.9 Å². The summed E-state index contributed by atoms with van der Waals surface area (Å²) in [4.78, 5) is 26.8. The van der Waals surface area contributed by atoms with Crippen molar-refractivity contribution in [1.29, 1.82) is 0 Å². The van der Waals surface area contributed by atoms with Crippen molar-refractivity contribution in [3.05, 3.63) is 69.7 Å². The number of piperidine rings is 1. The molecule has 2 aliphatic heterocycles. The molecule has 24 heavy (non-hydrogen) atoms. The van der Waals surface area contributed by atoms with Crippen molar-refractivity contribution in [1.82, 2.24) is 4.90 Å². The molecule has 1 saturated heterocycles. The topological polar surface area (TPSA) is 46.6 Å². The van der Waals surface area contributed by atoms with Crippen LogP contribution < -0.4 is 0 Å².